The Morgan fingerprint density at radius 3 is 2.43 bits per heavy atom. The number of carboxylic acid groups (broad SMARTS) is 1. The second-order valence-electron chi connectivity index (χ2n) is 6.55. The van der Waals surface area contributed by atoms with Gasteiger partial charge in [0.1, 0.15) is 12.4 Å². The van der Waals surface area contributed by atoms with Crippen molar-refractivity contribution in [1.82, 2.24) is 0 Å². The molecule has 0 saturated carbocycles. The van der Waals surface area contributed by atoms with Gasteiger partial charge in [0.25, 0.3) is 0 Å². The van der Waals surface area contributed by atoms with Crippen LogP contribution in [0.4, 0.5) is 5.69 Å². The second kappa shape index (κ2) is 9.42. The summed E-state index contributed by atoms with van der Waals surface area (Å²) in [5, 5.41) is 9.02. The van der Waals surface area contributed by atoms with Crippen LogP contribution in [0.5, 0.6) is 5.75 Å². The van der Waals surface area contributed by atoms with E-state index in [4.69, 9.17) is 9.84 Å². The smallest absolute Gasteiger partial charge is 0.335 e. The lowest BCUT2D eigenvalue weighted by Crippen LogP contribution is -2.20. The molecule has 3 aromatic carbocycles. The van der Waals surface area contributed by atoms with E-state index in [0.29, 0.717) is 12.2 Å². The van der Waals surface area contributed by atoms with Crippen molar-refractivity contribution >= 4 is 27.6 Å². The largest absolute Gasteiger partial charge is 0.489 e. The fourth-order valence-corrected chi connectivity index (χ4v) is 3.30. The van der Waals surface area contributed by atoms with Gasteiger partial charge in [-0.15, -0.1) is 0 Å². The number of anilines is 1. The minimum Gasteiger partial charge on any atom is -0.489 e. The van der Waals surface area contributed by atoms with Gasteiger partial charge in [-0.1, -0.05) is 46.3 Å². The van der Waals surface area contributed by atoms with Crippen molar-refractivity contribution in [2.75, 3.05) is 18.5 Å². The Labute approximate surface area is 173 Å². The molecule has 0 heterocycles. The molecule has 3 rings (SSSR count). The number of ether oxygens (including phenoxy) is 1. The van der Waals surface area contributed by atoms with Crippen LogP contribution in [0.3, 0.4) is 0 Å². The molecule has 0 saturated heterocycles. The first-order chi connectivity index (χ1) is 13.5. The highest BCUT2D eigenvalue weighted by molar-refractivity contribution is 9.10. The number of nitrogens with zero attached hydrogens (tertiary/aromatic N) is 1. The van der Waals surface area contributed by atoms with Gasteiger partial charge >= 0.3 is 5.97 Å². The quantitative estimate of drug-likeness (QED) is 0.509. The Hall–Kier alpha value is -2.79. The van der Waals surface area contributed by atoms with Crippen LogP contribution < -0.4 is 9.64 Å². The van der Waals surface area contributed by atoms with Gasteiger partial charge < -0.3 is 14.7 Å². The topological polar surface area (TPSA) is 49.8 Å². The van der Waals surface area contributed by atoms with E-state index >= 15 is 0 Å². The molecular weight excluding hydrogens is 418 g/mol. The van der Waals surface area contributed by atoms with E-state index in [1.165, 1.54) is 0 Å². The summed E-state index contributed by atoms with van der Waals surface area (Å²) in [7, 11) is 2.00. The van der Waals surface area contributed by atoms with Crippen LogP contribution in [0, 0.1) is 0 Å². The number of likely N-dealkylation sites (N-methyl/N-ethyl adjacent to an activating group) is 1. The average molecular weight is 440 g/mol. The predicted molar refractivity (Wildman–Crippen MR) is 115 cm³/mol. The summed E-state index contributed by atoms with van der Waals surface area (Å²) >= 11 is 3.54. The first-order valence-corrected chi connectivity index (χ1v) is 9.82. The van der Waals surface area contributed by atoms with Crippen molar-refractivity contribution in [3.8, 4) is 5.75 Å². The number of rotatable bonds is 8. The van der Waals surface area contributed by atoms with Crippen LogP contribution in [0.15, 0.2) is 77.3 Å². The lowest BCUT2D eigenvalue weighted by atomic mass is 10.1. The summed E-state index contributed by atoms with van der Waals surface area (Å²) in [5.74, 6) is -0.0368. The molecule has 0 spiro atoms. The SMILES string of the molecule is CN(CCc1cc(Br)ccc1OCc1ccccc1)c1ccc(C(=O)O)cc1. The van der Waals surface area contributed by atoms with Crippen molar-refractivity contribution in [2.45, 2.75) is 13.0 Å². The van der Waals surface area contributed by atoms with E-state index in [1.807, 2.05) is 61.6 Å². The van der Waals surface area contributed by atoms with E-state index in [2.05, 4.69) is 26.9 Å². The van der Waals surface area contributed by atoms with Crippen LogP contribution >= 0.6 is 15.9 Å². The summed E-state index contributed by atoms with van der Waals surface area (Å²) in [5.41, 5.74) is 3.53. The van der Waals surface area contributed by atoms with Crippen molar-refractivity contribution in [3.63, 3.8) is 0 Å². The molecule has 144 valence electrons. The molecule has 1 N–H and O–H groups in total. The van der Waals surface area contributed by atoms with Crippen LogP contribution in [0.25, 0.3) is 0 Å². The van der Waals surface area contributed by atoms with E-state index < -0.39 is 5.97 Å². The Morgan fingerprint density at radius 2 is 1.75 bits per heavy atom. The van der Waals surface area contributed by atoms with Gasteiger partial charge in [0.2, 0.25) is 0 Å². The first-order valence-electron chi connectivity index (χ1n) is 9.02. The molecule has 5 heteroatoms. The number of carbonyl (C=O) groups is 1. The third-order valence-electron chi connectivity index (χ3n) is 4.53. The second-order valence-corrected chi connectivity index (χ2v) is 7.47. The summed E-state index contributed by atoms with van der Waals surface area (Å²) in [6.45, 7) is 1.31. The number of aromatic carboxylic acids is 1. The fourth-order valence-electron chi connectivity index (χ4n) is 2.90. The van der Waals surface area contributed by atoms with Gasteiger partial charge in [-0.3, -0.25) is 0 Å². The number of hydrogen-bond acceptors (Lipinski definition) is 3. The lowest BCUT2D eigenvalue weighted by Gasteiger charge is -2.20. The van der Waals surface area contributed by atoms with Gasteiger partial charge in [-0.25, -0.2) is 4.79 Å². The van der Waals surface area contributed by atoms with Gasteiger partial charge in [-0.2, -0.15) is 0 Å². The van der Waals surface area contributed by atoms with Crippen LogP contribution in [-0.2, 0) is 13.0 Å². The number of hydrogen-bond donors (Lipinski definition) is 1. The monoisotopic (exact) mass is 439 g/mol. The third-order valence-corrected chi connectivity index (χ3v) is 5.02. The highest BCUT2D eigenvalue weighted by atomic mass is 79.9. The van der Waals surface area contributed by atoms with Crippen molar-refractivity contribution in [2.24, 2.45) is 0 Å². The Kier molecular flexibility index (Phi) is 6.71. The van der Waals surface area contributed by atoms with Crippen molar-refractivity contribution in [3.05, 3.63) is 94.0 Å². The van der Waals surface area contributed by atoms with Crippen molar-refractivity contribution in [1.29, 1.82) is 0 Å². The van der Waals surface area contributed by atoms with Gasteiger partial charge in [0.15, 0.2) is 0 Å². The third kappa shape index (κ3) is 5.36. The number of halogens is 1. The van der Waals surface area contributed by atoms with Gasteiger partial charge in [0.05, 0.1) is 5.56 Å². The Morgan fingerprint density at radius 1 is 1.04 bits per heavy atom. The van der Waals surface area contributed by atoms with E-state index in [1.54, 1.807) is 12.1 Å². The molecule has 0 atom stereocenters. The maximum absolute atomic E-state index is 11.0. The van der Waals surface area contributed by atoms with Crippen LogP contribution in [0.2, 0.25) is 0 Å². The molecule has 0 unspecified atom stereocenters. The summed E-state index contributed by atoms with van der Waals surface area (Å²) in [6.07, 6.45) is 0.806. The average Bonchev–Trinajstić information content (AvgIpc) is 2.72. The van der Waals surface area contributed by atoms with E-state index in [0.717, 1.165) is 40.0 Å². The highest BCUT2D eigenvalue weighted by Gasteiger charge is 2.09. The summed E-state index contributed by atoms with van der Waals surface area (Å²) in [4.78, 5) is 13.1. The van der Waals surface area contributed by atoms with E-state index in [9.17, 15) is 4.79 Å². The maximum atomic E-state index is 11.0. The molecule has 0 fully saturated rings. The van der Waals surface area contributed by atoms with Crippen LogP contribution in [-0.4, -0.2) is 24.7 Å². The molecule has 0 amide bonds. The Balaban J connectivity index is 1.65. The predicted octanol–water partition coefficient (Wildman–Crippen LogP) is 5.41. The molecule has 0 aromatic heterocycles. The molecule has 0 radical (unpaired) electrons. The molecule has 0 aliphatic rings. The molecule has 0 aliphatic heterocycles. The number of carboxylic acids is 1. The fraction of sp³-hybridized carbons (Fsp3) is 0.174. The minimum atomic E-state index is -0.913. The Bertz CT molecular complexity index is 926. The standard InChI is InChI=1S/C23H22BrNO3/c1-25(21-10-7-18(8-11-21)23(26)27)14-13-19-15-20(24)9-12-22(19)28-16-17-5-3-2-4-6-17/h2-12,15H,13-14,16H2,1H3,(H,26,27). The zero-order valence-electron chi connectivity index (χ0n) is 15.6. The minimum absolute atomic E-state index is 0.292. The summed E-state index contributed by atoms with van der Waals surface area (Å²) in [6, 6.07) is 23.1. The molecule has 28 heavy (non-hydrogen) atoms. The lowest BCUT2D eigenvalue weighted by molar-refractivity contribution is 0.0697. The molecule has 0 bridgehead atoms. The molecule has 0 aliphatic carbocycles. The molecule has 3 aromatic rings. The zero-order valence-corrected chi connectivity index (χ0v) is 17.2. The van der Waals surface area contributed by atoms with Gasteiger partial charge in [0, 0.05) is 23.8 Å². The van der Waals surface area contributed by atoms with E-state index in [-0.39, 0.29) is 0 Å². The van der Waals surface area contributed by atoms with Crippen molar-refractivity contribution < 1.29 is 14.6 Å². The normalized spacial score (nSPS) is 10.5. The summed E-state index contributed by atoms with van der Waals surface area (Å²) < 4.78 is 7.07. The van der Waals surface area contributed by atoms with Crippen LogP contribution in [0.1, 0.15) is 21.5 Å². The maximum Gasteiger partial charge on any atom is 0.335 e. The number of benzene rings is 3. The first kappa shape index (κ1) is 20.0. The molecule has 4 nitrogen and oxygen atoms in total. The highest BCUT2D eigenvalue weighted by Crippen LogP contribution is 2.25. The van der Waals surface area contributed by atoms with Gasteiger partial charge in [-0.05, 0) is 60.0 Å². The molecular formula is C23H22BrNO3. The zero-order chi connectivity index (χ0) is 19.9.